The van der Waals surface area contributed by atoms with E-state index in [0.29, 0.717) is 6.61 Å². The quantitative estimate of drug-likeness (QED) is 0.354. The van der Waals surface area contributed by atoms with Crippen LogP contribution in [0.2, 0.25) is 0 Å². The summed E-state index contributed by atoms with van der Waals surface area (Å²) in [7, 11) is 0. The molecule has 26 heavy (non-hydrogen) atoms. The summed E-state index contributed by atoms with van der Waals surface area (Å²) in [6.07, 6.45) is -0.845. The monoisotopic (exact) mass is 368 g/mol. The van der Waals surface area contributed by atoms with Crippen LogP contribution in [0.25, 0.3) is 0 Å². The molecule has 0 amide bonds. The molecular weight excluding hydrogens is 336 g/mol. The molecule has 1 rings (SSSR count). The van der Waals surface area contributed by atoms with Gasteiger partial charge in [0.1, 0.15) is 6.79 Å². The maximum atomic E-state index is 11.8. The second-order valence-corrected chi connectivity index (χ2v) is 7.58. The largest absolute Gasteiger partial charge is 0.465 e. The van der Waals surface area contributed by atoms with E-state index in [0.717, 1.165) is 5.56 Å². The van der Waals surface area contributed by atoms with Crippen LogP contribution in [-0.4, -0.2) is 48.9 Å². The lowest BCUT2D eigenvalue weighted by Gasteiger charge is -2.27. The highest BCUT2D eigenvalue weighted by atomic mass is 16.7. The van der Waals surface area contributed by atoms with E-state index in [9.17, 15) is 15.0 Å². The van der Waals surface area contributed by atoms with Crippen molar-refractivity contribution in [2.45, 2.75) is 40.4 Å². The first kappa shape index (κ1) is 22.6. The first-order valence-electron chi connectivity index (χ1n) is 8.91. The number of carbonyl (C=O) groups excluding carboxylic acids is 1. The maximum Gasteiger partial charge on any atom is 0.311 e. The first-order chi connectivity index (χ1) is 12.3. The van der Waals surface area contributed by atoms with Crippen molar-refractivity contribution in [1.82, 2.24) is 0 Å². The second-order valence-electron chi connectivity index (χ2n) is 7.58. The Morgan fingerprint density at radius 3 is 2.35 bits per heavy atom. The van der Waals surface area contributed by atoms with Crippen molar-refractivity contribution in [3.63, 3.8) is 0 Å². The molecule has 1 aromatic carbocycles. The Kier molecular flexibility index (Phi) is 9.80. The Labute approximate surface area is 156 Å². The highest BCUT2D eigenvalue weighted by Crippen LogP contribution is 2.19. The molecule has 0 saturated heterocycles. The van der Waals surface area contributed by atoms with Crippen molar-refractivity contribution in [2.75, 3.05) is 26.6 Å². The summed E-state index contributed by atoms with van der Waals surface area (Å²) in [5, 5.41) is 19.9. The van der Waals surface area contributed by atoms with Gasteiger partial charge in [-0.15, -0.1) is 0 Å². The van der Waals surface area contributed by atoms with Crippen LogP contribution in [0.4, 0.5) is 0 Å². The predicted molar refractivity (Wildman–Crippen MR) is 98.2 cm³/mol. The maximum absolute atomic E-state index is 11.8. The summed E-state index contributed by atoms with van der Waals surface area (Å²) in [4.78, 5) is 11.8. The SMILES string of the molecule is C[C@@H](COC(=O)C(C)(C)C)[C@H](O)[C@H](CO)COCOCc1ccccc1. The molecule has 0 bridgehead atoms. The van der Waals surface area contributed by atoms with Crippen LogP contribution in [0.1, 0.15) is 33.3 Å². The number of hydrogen-bond acceptors (Lipinski definition) is 6. The number of hydrogen-bond donors (Lipinski definition) is 2. The lowest BCUT2D eigenvalue weighted by atomic mass is 9.93. The van der Waals surface area contributed by atoms with Crippen molar-refractivity contribution in [3.05, 3.63) is 35.9 Å². The first-order valence-corrected chi connectivity index (χ1v) is 8.91. The van der Waals surface area contributed by atoms with E-state index in [2.05, 4.69) is 0 Å². The Bertz CT molecular complexity index is 511. The fourth-order valence-corrected chi connectivity index (χ4v) is 2.24. The molecule has 0 spiro atoms. The summed E-state index contributed by atoms with van der Waals surface area (Å²) >= 11 is 0. The summed E-state index contributed by atoms with van der Waals surface area (Å²) < 4.78 is 16.1. The van der Waals surface area contributed by atoms with Gasteiger partial charge in [0.15, 0.2) is 0 Å². The predicted octanol–water partition coefficient (Wildman–Crippen LogP) is 2.37. The Hall–Kier alpha value is -1.47. The van der Waals surface area contributed by atoms with Crippen LogP contribution in [0.15, 0.2) is 30.3 Å². The highest BCUT2D eigenvalue weighted by Gasteiger charge is 2.28. The molecule has 0 fully saturated rings. The van der Waals surface area contributed by atoms with E-state index in [1.807, 2.05) is 30.3 Å². The second kappa shape index (κ2) is 11.3. The number of esters is 1. The molecule has 0 saturated carbocycles. The van der Waals surface area contributed by atoms with E-state index < -0.39 is 17.4 Å². The van der Waals surface area contributed by atoms with Crippen LogP contribution in [0.5, 0.6) is 0 Å². The van der Waals surface area contributed by atoms with Gasteiger partial charge in [0, 0.05) is 11.8 Å². The number of rotatable bonds is 11. The Balaban J connectivity index is 2.29. The van der Waals surface area contributed by atoms with Gasteiger partial charge in [-0.05, 0) is 26.3 Å². The van der Waals surface area contributed by atoms with Gasteiger partial charge >= 0.3 is 5.97 Å². The number of benzene rings is 1. The van der Waals surface area contributed by atoms with Gasteiger partial charge in [0.05, 0.1) is 37.9 Å². The van der Waals surface area contributed by atoms with Crippen LogP contribution < -0.4 is 0 Å². The molecule has 0 aromatic heterocycles. The number of ether oxygens (including phenoxy) is 3. The minimum atomic E-state index is -0.845. The smallest absolute Gasteiger partial charge is 0.311 e. The minimum absolute atomic E-state index is 0.0749. The number of carbonyl (C=O) groups is 1. The van der Waals surface area contributed by atoms with Crippen LogP contribution in [-0.2, 0) is 25.6 Å². The van der Waals surface area contributed by atoms with Crippen molar-refractivity contribution >= 4 is 5.97 Å². The van der Waals surface area contributed by atoms with Crippen molar-refractivity contribution in [3.8, 4) is 0 Å². The molecule has 0 aliphatic rings. The van der Waals surface area contributed by atoms with Crippen molar-refractivity contribution in [1.29, 1.82) is 0 Å². The topological polar surface area (TPSA) is 85.2 Å². The molecule has 3 atom stereocenters. The lowest BCUT2D eigenvalue weighted by molar-refractivity contribution is -0.156. The van der Waals surface area contributed by atoms with Crippen LogP contribution >= 0.6 is 0 Å². The summed E-state index contributed by atoms with van der Waals surface area (Å²) in [6.45, 7) is 7.63. The standard InChI is InChI=1S/C20H32O6/c1-15(11-26-19(23)20(2,3)4)18(22)17(10-21)13-25-14-24-12-16-8-6-5-7-9-16/h5-9,15,17-18,21-22H,10-14H2,1-4H3/t15-,17+,18-/m0/s1. The summed E-state index contributed by atoms with van der Waals surface area (Å²) in [5.74, 6) is -1.10. The van der Waals surface area contributed by atoms with E-state index in [4.69, 9.17) is 14.2 Å². The molecule has 0 heterocycles. The molecule has 0 aliphatic heterocycles. The van der Waals surface area contributed by atoms with Crippen molar-refractivity contribution in [2.24, 2.45) is 17.3 Å². The average Bonchev–Trinajstić information content (AvgIpc) is 2.61. The zero-order valence-electron chi connectivity index (χ0n) is 16.2. The fraction of sp³-hybridized carbons (Fsp3) is 0.650. The third-order valence-corrected chi connectivity index (χ3v) is 4.00. The molecule has 0 radical (unpaired) electrons. The number of aliphatic hydroxyl groups is 2. The van der Waals surface area contributed by atoms with Gasteiger partial charge in [-0.1, -0.05) is 37.3 Å². The van der Waals surface area contributed by atoms with Crippen LogP contribution in [0, 0.1) is 17.3 Å². The minimum Gasteiger partial charge on any atom is -0.465 e. The van der Waals surface area contributed by atoms with Gasteiger partial charge < -0.3 is 24.4 Å². The zero-order chi connectivity index (χ0) is 19.6. The number of aliphatic hydroxyl groups excluding tert-OH is 2. The molecule has 6 nitrogen and oxygen atoms in total. The molecule has 6 heteroatoms. The van der Waals surface area contributed by atoms with Gasteiger partial charge in [0.25, 0.3) is 0 Å². The van der Waals surface area contributed by atoms with Gasteiger partial charge in [-0.2, -0.15) is 0 Å². The normalized spacial score (nSPS) is 15.3. The van der Waals surface area contributed by atoms with E-state index in [1.165, 1.54) is 0 Å². The molecule has 2 N–H and O–H groups in total. The van der Waals surface area contributed by atoms with E-state index in [-0.39, 0.29) is 38.5 Å². The summed E-state index contributed by atoms with van der Waals surface area (Å²) in [6, 6.07) is 9.73. The third kappa shape index (κ3) is 8.27. The third-order valence-electron chi connectivity index (χ3n) is 4.00. The highest BCUT2D eigenvalue weighted by molar-refractivity contribution is 5.75. The van der Waals surface area contributed by atoms with Gasteiger partial charge in [0.2, 0.25) is 0 Å². The average molecular weight is 368 g/mol. The Morgan fingerprint density at radius 1 is 1.12 bits per heavy atom. The van der Waals surface area contributed by atoms with E-state index >= 15 is 0 Å². The molecule has 1 aromatic rings. The molecular formula is C20H32O6. The van der Waals surface area contributed by atoms with Crippen LogP contribution in [0.3, 0.4) is 0 Å². The van der Waals surface area contributed by atoms with Gasteiger partial charge in [-0.25, -0.2) is 0 Å². The molecule has 0 unspecified atom stereocenters. The summed E-state index contributed by atoms with van der Waals surface area (Å²) in [5.41, 5.74) is 0.462. The van der Waals surface area contributed by atoms with Gasteiger partial charge in [-0.3, -0.25) is 4.79 Å². The molecule has 0 aliphatic carbocycles. The van der Waals surface area contributed by atoms with Crippen molar-refractivity contribution < 1.29 is 29.2 Å². The Morgan fingerprint density at radius 2 is 1.77 bits per heavy atom. The fourth-order valence-electron chi connectivity index (χ4n) is 2.24. The molecule has 148 valence electrons. The lowest BCUT2D eigenvalue weighted by Crippen LogP contribution is -2.37. The van der Waals surface area contributed by atoms with E-state index in [1.54, 1.807) is 27.7 Å². The zero-order valence-corrected chi connectivity index (χ0v) is 16.2.